The van der Waals surface area contributed by atoms with E-state index in [1.807, 2.05) is 6.92 Å². The van der Waals surface area contributed by atoms with Gasteiger partial charge in [0.2, 0.25) is 0 Å². The molecule has 0 heterocycles. The third kappa shape index (κ3) is 4.49. The van der Waals surface area contributed by atoms with Gasteiger partial charge < -0.3 is 9.47 Å². The second-order valence-corrected chi connectivity index (χ2v) is 5.64. The summed E-state index contributed by atoms with van der Waals surface area (Å²) in [5, 5.41) is 0. The molecular formula is C10H12ClFO4S. The molecule has 1 aromatic carbocycles. The maximum absolute atomic E-state index is 13.4. The summed E-state index contributed by atoms with van der Waals surface area (Å²) in [6, 6.07) is 3.22. The highest BCUT2D eigenvalue weighted by Gasteiger charge is 2.13. The molecule has 0 N–H and O–H groups in total. The molecule has 4 nitrogen and oxygen atoms in total. The molecule has 0 saturated heterocycles. The van der Waals surface area contributed by atoms with Gasteiger partial charge in [-0.05, 0) is 25.1 Å². The molecule has 0 aliphatic heterocycles. The molecule has 0 radical (unpaired) electrons. The van der Waals surface area contributed by atoms with Crippen molar-refractivity contribution in [3.05, 3.63) is 24.0 Å². The fourth-order valence-corrected chi connectivity index (χ4v) is 1.87. The molecule has 0 fully saturated rings. The van der Waals surface area contributed by atoms with Crippen LogP contribution in [0.4, 0.5) is 4.39 Å². The van der Waals surface area contributed by atoms with Crippen molar-refractivity contribution >= 4 is 19.7 Å². The van der Waals surface area contributed by atoms with Crippen LogP contribution < -0.4 is 4.74 Å². The highest BCUT2D eigenvalue weighted by Crippen LogP contribution is 2.23. The van der Waals surface area contributed by atoms with Crippen LogP contribution in [0.25, 0.3) is 0 Å². The van der Waals surface area contributed by atoms with Crippen molar-refractivity contribution in [2.24, 2.45) is 0 Å². The molecule has 0 aliphatic carbocycles. The van der Waals surface area contributed by atoms with Gasteiger partial charge in [-0.25, -0.2) is 12.8 Å². The lowest BCUT2D eigenvalue weighted by molar-refractivity contribution is 0.108. The molecule has 7 heteroatoms. The predicted molar refractivity (Wildman–Crippen MR) is 61.4 cm³/mol. The highest BCUT2D eigenvalue weighted by atomic mass is 35.7. The van der Waals surface area contributed by atoms with E-state index in [0.717, 1.165) is 6.07 Å². The minimum Gasteiger partial charge on any atom is -0.488 e. The molecule has 0 saturated carbocycles. The van der Waals surface area contributed by atoms with Crippen LogP contribution in [0.15, 0.2) is 23.1 Å². The Balaban J connectivity index is 2.70. The van der Waals surface area contributed by atoms with Gasteiger partial charge >= 0.3 is 0 Å². The fourth-order valence-electron chi connectivity index (χ4n) is 1.11. The smallest absolute Gasteiger partial charge is 0.261 e. The van der Waals surface area contributed by atoms with Gasteiger partial charge in [0.15, 0.2) is 11.6 Å². The number of benzene rings is 1. The first-order valence-electron chi connectivity index (χ1n) is 4.90. The molecule has 0 spiro atoms. The summed E-state index contributed by atoms with van der Waals surface area (Å²) in [6.45, 7) is 2.92. The Morgan fingerprint density at radius 2 is 2.06 bits per heavy atom. The van der Waals surface area contributed by atoms with E-state index in [-0.39, 0.29) is 17.3 Å². The minimum absolute atomic E-state index is 0.0335. The second kappa shape index (κ2) is 6.18. The molecular weight excluding hydrogens is 271 g/mol. The van der Waals surface area contributed by atoms with Crippen LogP contribution in [0.3, 0.4) is 0 Å². The normalized spacial score (nSPS) is 11.5. The Morgan fingerprint density at radius 1 is 1.35 bits per heavy atom. The molecule has 0 unspecified atom stereocenters. The average molecular weight is 283 g/mol. The molecule has 0 atom stereocenters. The van der Waals surface area contributed by atoms with Crippen LogP contribution in [-0.2, 0) is 13.8 Å². The van der Waals surface area contributed by atoms with Crippen molar-refractivity contribution in [1.82, 2.24) is 0 Å². The van der Waals surface area contributed by atoms with Crippen LogP contribution in [0.2, 0.25) is 0 Å². The molecule has 1 rings (SSSR count). The lowest BCUT2D eigenvalue weighted by Crippen LogP contribution is -2.07. The van der Waals surface area contributed by atoms with E-state index in [1.54, 1.807) is 0 Å². The minimum atomic E-state index is -3.92. The summed E-state index contributed by atoms with van der Waals surface area (Å²) in [5.74, 6) is -0.808. The lowest BCUT2D eigenvalue weighted by atomic mass is 10.3. The van der Waals surface area contributed by atoms with E-state index in [2.05, 4.69) is 0 Å². The Hall–Kier alpha value is -0.850. The number of hydrogen-bond acceptors (Lipinski definition) is 4. The highest BCUT2D eigenvalue weighted by molar-refractivity contribution is 8.13. The van der Waals surface area contributed by atoms with Crippen molar-refractivity contribution in [3.8, 4) is 5.75 Å². The quantitative estimate of drug-likeness (QED) is 0.593. The van der Waals surface area contributed by atoms with Gasteiger partial charge in [-0.1, -0.05) is 0 Å². The first kappa shape index (κ1) is 14.2. The zero-order valence-corrected chi connectivity index (χ0v) is 10.7. The molecule has 0 aliphatic rings. The summed E-state index contributed by atoms with van der Waals surface area (Å²) in [4.78, 5) is -0.297. The predicted octanol–water partition coefficient (Wildman–Crippen LogP) is 2.17. The zero-order valence-electron chi connectivity index (χ0n) is 9.15. The summed E-state index contributed by atoms with van der Waals surface area (Å²) >= 11 is 0. The molecule has 0 amide bonds. The summed E-state index contributed by atoms with van der Waals surface area (Å²) in [6.07, 6.45) is 0. The molecule has 1 aromatic rings. The largest absolute Gasteiger partial charge is 0.488 e. The van der Waals surface area contributed by atoms with Gasteiger partial charge in [-0.15, -0.1) is 0 Å². The van der Waals surface area contributed by atoms with Crippen LogP contribution in [-0.4, -0.2) is 28.2 Å². The maximum atomic E-state index is 13.4. The van der Waals surface area contributed by atoms with Crippen molar-refractivity contribution in [2.75, 3.05) is 19.8 Å². The third-order valence-electron chi connectivity index (χ3n) is 1.87. The average Bonchev–Trinajstić information content (AvgIpc) is 2.24. The van der Waals surface area contributed by atoms with Crippen molar-refractivity contribution in [1.29, 1.82) is 0 Å². The number of hydrogen-bond donors (Lipinski definition) is 0. The monoisotopic (exact) mass is 282 g/mol. The van der Waals surface area contributed by atoms with E-state index in [0.29, 0.717) is 13.2 Å². The first-order valence-corrected chi connectivity index (χ1v) is 7.21. The number of rotatable bonds is 6. The maximum Gasteiger partial charge on any atom is 0.261 e. The van der Waals surface area contributed by atoms with Crippen LogP contribution in [0, 0.1) is 5.82 Å². The van der Waals surface area contributed by atoms with Gasteiger partial charge in [0.25, 0.3) is 9.05 Å². The van der Waals surface area contributed by atoms with Crippen molar-refractivity contribution < 1.29 is 22.3 Å². The fraction of sp³-hybridized carbons (Fsp3) is 0.400. The lowest BCUT2D eigenvalue weighted by Gasteiger charge is -2.07. The Kier molecular flexibility index (Phi) is 5.17. The van der Waals surface area contributed by atoms with Crippen LogP contribution in [0.5, 0.6) is 5.75 Å². The molecule has 96 valence electrons. The summed E-state index contributed by atoms with van der Waals surface area (Å²) < 4.78 is 45.3. The SMILES string of the molecule is CCOCCOc1ccc(S(=O)(=O)Cl)cc1F. The van der Waals surface area contributed by atoms with Crippen molar-refractivity contribution in [2.45, 2.75) is 11.8 Å². The van der Waals surface area contributed by atoms with Gasteiger partial charge in [-0.3, -0.25) is 0 Å². The summed E-state index contributed by atoms with van der Waals surface area (Å²) in [5.41, 5.74) is 0. The van der Waals surface area contributed by atoms with E-state index >= 15 is 0 Å². The van der Waals surface area contributed by atoms with Gasteiger partial charge in [0.05, 0.1) is 11.5 Å². The first-order chi connectivity index (χ1) is 7.95. The van der Waals surface area contributed by atoms with Gasteiger partial charge in [-0.2, -0.15) is 0 Å². The zero-order chi connectivity index (χ0) is 12.9. The second-order valence-electron chi connectivity index (χ2n) is 3.08. The number of halogens is 2. The Morgan fingerprint density at radius 3 is 2.59 bits per heavy atom. The topological polar surface area (TPSA) is 52.6 Å². The molecule has 17 heavy (non-hydrogen) atoms. The Bertz CT molecular complexity index is 475. The van der Waals surface area contributed by atoms with E-state index in [1.165, 1.54) is 12.1 Å². The number of ether oxygens (including phenoxy) is 2. The third-order valence-corrected chi connectivity index (χ3v) is 3.23. The van der Waals surface area contributed by atoms with Gasteiger partial charge in [0, 0.05) is 17.3 Å². The standard InChI is InChI=1S/C10H12ClFO4S/c1-2-15-5-6-16-10-4-3-8(7-9(10)12)17(11,13)14/h3-4,7H,2,5-6H2,1H3. The van der Waals surface area contributed by atoms with E-state index < -0.39 is 14.9 Å². The van der Waals surface area contributed by atoms with E-state index in [9.17, 15) is 12.8 Å². The van der Waals surface area contributed by atoms with Crippen LogP contribution >= 0.6 is 10.7 Å². The van der Waals surface area contributed by atoms with Gasteiger partial charge in [0.1, 0.15) is 6.61 Å². The van der Waals surface area contributed by atoms with Crippen molar-refractivity contribution in [3.63, 3.8) is 0 Å². The molecule has 0 aromatic heterocycles. The Labute approximate surface area is 104 Å². The molecule has 0 bridgehead atoms. The summed E-state index contributed by atoms with van der Waals surface area (Å²) in [7, 11) is 1.15. The van der Waals surface area contributed by atoms with Crippen LogP contribution in [0.1, 0.15) is 6.92 Å². The van der Waals surface area contributed by atoms with E-state index in [4.69, 9.17) is 20.2 Å².